The van der Waals surface area contributed by atoms with Gasteiger partial charge in [-0.05, 0) is 43.7 Å². The fourth-order valence-corrected chi connectivity index (χ4v) is 2.65. The first-order chi connectivity index (χ1) is 13.6. The topological polar surface area (TPSA) is 82.5 Å². The highest BCUT2D eigenvalue weighted by atomic mass is 16.6. The Kier molecular flexibility index (Phi) is 6.18. The molecule has 2 aromatic carbocycles. The summed E-state index contributed by atoms with van der Waals surface area (Å²) < 4.78 is 6.64. The SMILES string of the molecule is CCOC(=O)c1cnn(-c2ccc(C(=O)NOCc3ccccc3)cc2)c1C. The van der Waals surface area contributed by atoms with Gasteiger partial charge in [0.05, 0.1) is 30.8 Å². The quantitative estimate of drug-likeness (QED) is 0.503. The van der Waals surface area contributed by atoms with E-state index in [1.54, 1.807) is 42.8 Å². The van der Waals surface area contributed by atoms with Crippen molar-refractivity contribution >= 4 is 11.9 Å². The third kappa shape index (κ3) is 4.44. The lowest BCUT2D eigenvalue weighted by Gasteiger charge is -2.08. The second-order valence-electron chi connectivity index (χ2n) is 6.03. The molecular weight excluding hydrogens is 358 g/mol. The molecule has 0 unspecified atom stereocenters. The molecule has 0 aliphatic carbocycles. The molecule has 0 bridgehead atoms. The second kappa shape index (κ2) is 8.96. The van der Waals surface area contributed by atoms with E-state index in [9.17, 15) is 9.59 Å². The summed E-state index contributed by atoms with van der Waals surface area (Å²) in [6.07, 6.45) is 1.48. The van der Waals surface area contributed by atoms with Crippen LogP contribution in [0.15, 0.2) is 60.8 Å². The number of nitrogens with one attached hydrogen (secondary N) is 1. The molecule has 144 valence electrons. The van der Waals surface area contributed by atoms with Crippen LogP contribution in [0.25, 0.3) is 5.69 Å². The van der Waals surface area contributed by atoms with Gasteiger partial charge < -0.3 is 4.74 Å². The van der Waals surface area contributed by atoms with Crippen molar-refractivity contribution in [3.05, 3.63) is 83.2 Å². The zero-order valence-corrected chi connectivity index (χ0v) is 15.7. The summed E-state index contributed by atoms with van der Waals surface area (Å²) in [7, 11) is 0. The number of benzene rings is 2. The molecule has 0 atom stereocenters. The molecule has 0 radical (unpaired) electrons. The lowest BCUT2D eigenvalue weighted by atomic mass is 10.2. The van der Waals surface area contributed by atoms with E-state index in [2.05, 4.69) is 10.6 Å². The number of hydrogen-bond donors (Lipinski definition) is 1. The zero-order chi connectivity index (χ0) is 19.9. The molecule has 1 heterocycles. The van der Waals surface area contributed by atoms with Crippen LogP contribution in [0.5, 0.6) is 0 Å². The number of aromatic nitrogens is 2. The van der Waals surface area contributed by atoms with Crippen LogP contribution in [-0.4, -0.2) is 28.3 Å². The van der Waals surface area contributed by atoms with Gasteiger partial charge in [-0.2, -0.15) is 5.10 Å². The molecule has 3 rings (SSSR count). The van der Waals surface area contributed by atoms with Crippen LogP contribution in [0.4, 0.5) is 0 Å². The van der Waals surface area contributed by atoms with Crippen molar-refractivity contribution < 1.29 is 19.2 Å². The molecule has 0 fully saturated rings. The minimum atomic E-state index is -0.405. The normalized spacial score (nSPS) is 10.5. The molecule has 0 saturated carbocycles. The maximum atomic E-state index is 12.2. The molecular formula is C21H21N3O4. The predicted molar refractivity (Wildman–Crippen MR) is 103 cm³/mol. The molecule has 0 saturated heterocycles. The van der Waals surface area contributed by atoms with Crippen molar-refractivity contribution in [1.82, 2.24) is 15.3 Å². The first kappa shape index (κ1) is 19.3. The van der Waals surface area contributed by atoms with E-state index in [0.29, 0.717) is 23.4 Å². The Morgan fingerprint density at radius 1 is 1.07 bits per heavy atom. The fourth-order valence-electron chi connectivity index (χ4n) is 2.65. The van der Waals surface area contributed by atoms with Gasteiger partial charge in [0.2, 0.25) is 0 Å². The van der Waals surface area contributed by atoms with Gasteiger partial charge in [-0.25, -0.2) is 15.0 Å². The third-order valence-electron chi connectivity index (χ3n) is 4.13. The van der Waals surface area contributed by atoms with Crippen LogP contribution in [0.1, 0.15) is 38.9 Å². The maximum Gasteiger partial charge on any atom is 0.341 e. The van der Waals surface area contributed by atoms with E-state index < -0.39 is 5.97 Å². The Balaban J connectivity index is 1.63. The summed E-state index contributed by atoms with van der Waals surface area (Å²) in [6.45, 7) is 4.13. The minimum Gasteiger partial charge on any atom is -0.462 e. The standard InChI is InChI=1S/C21H21N3O4/c1-3-27-21(26)19-13-22-24(15(19)2)18-11-9-17(10-12-18)20(25)23-28-14-16-7-5-4-6-8-16/h4-13H,3,14H2,1-2H3,(H,23,25). The van der Waals surface area contributed by atoms with Crippen molar-refractivity contribution in [1.29, 1.82) is 0 Å². The van der Waals surface area contributed by atoms with Crippen molar-refractivity contribution in [2.24, 2.45) is 0 Å². The van der Waals surface area contributed by atoms with Gasteiger partial charge in [-0.1, -0.05) is 30.3 Å². The van der Waals surface area contributed by atoms with Gasteiger partial charge >= 0.3 is 5.97 Å². The van der Waals surface area contributed by atoms with Crippen LogP contribution in [-0.2, 0) is 16.2 Å². The maximum absolute atomic E-state index is 12.2. The highest BCUT2D eigenvalue weighted by Gasteiger charge is 2.16. The van der Waals surface area contributed by atoms with Gasteiger partial charge in [-0.3, -0.25) is 9.63 Å². The molecule has 3 aromatic rings. The number of hydroxylamine groups is 1. The summed E-state index contributed by atoms with van der Waals surface area (Å²) in [6, 6.07) is 16.4. The van der Waals surface area contributed by atoms with Gasteiger partial charge in [0, 0.05) is 5.56 Å². The lowest BCUT2D eigenvalue weighted by molar-refractivity contribution is 0.0233. The molecule has 7 heteroatoms. The van der Waals surface area contributed by atoms with Crippen molar-refractivity contribution in [3.63, 3.8) is 0 Å². The number of nitrogens with zero attached hydrogens (tertiary/aromatic N) is 2. The summed E-state index contributed by atoms with van der Waals surface area (Å²) in [4.78, 5) is 29.4. The Hall–Kier alpha value is -3.45. The smallest absolute Gasteiger partial charge is 0.341 e. The molecule has 28 heavy (non-hydrogen) atoms. The third-order valence-corrected chi connectivity index (χ3v) is 4.13. The number of esters is 1. The molecule has 0 aliphatic rings. The number of rotatable bonds is 7. The fraction of sp³-hybridized carbons (Fsp3) is 0.190. The first-order valence-corrected chi connectivity index (χ1v) is 8.88. The Labute approximate surface area is 162 Å². The number of carbonyl (C=O) groups excluding carboxylic acids is 2. The number of ether oxygens (including phenoxy) is 1. The van der Waals surface area contributed by atoms with Crippen LogP contribution in [0.3, 0.4) is 0 Å². The van der Waals surface area contributed by atoms with Gasteiger partial charge in [0.25, 0.3) is 5.91 Å². The second-order valence-corrected chi connectivity index (χ2v) is 6.03. The molecule has 0 spiro atoms. The minimum absolute atomic E-state index is 0.285. The summed E-state index contributed by atoms with van der Waals surface area (Å²) in [5.41, 5.74) is 5.66. The van der Waals surface area contributed by atoms with E-state index in [1.807, 2.05) is 30.3 Å². The average molecular weight is 379 g/mol. The van der Waals surface area contributed by atoms with Crippen LogP contribution < -0.4 is 5.48 Å². The van der Waals surface area contributed by atoms with Crippen LogP contribution >= 0.6 is 0 Å². The van der Waals surface area contributed by atoms with Gasteiger partial charge in [0.15, 0.2) is 0 Å². The number of carbonyl (C=O) groups is 2. The van der Waals surface area contributed by atoms with Crippen LogP contribution in [0, 0.1) is 6.92 Å². The summed E-state index contributed by atoms with van der Waals surface area (Å²) >= 11 is 0. The largest absolute Gasteiger partial charge is 0.462 e. The molecule has 1 N–H and O–H groups in total. The Bertz CT molecular complexity index is 950. The molecule has 1 amide bonds. The van der Waals surface area contributed by atoms with E-state index in [-0.39, 0.29) is 12.5 Å². The monoisotopic (exact) mass is 379 g/mol. The Morgan fingerprint density at radius 3 is 2.46 bits per heavy atom. The highest BCUT2D eigenvalue weighted by molar-refractivity contribution is 5.93. The average Bonchev–Trinajstić information content (AvgIpc) is 3.10. The van der Waals surface area contributed by atoms with E-state index in [0.717, 1.165) is 11.3 Å². The zero-order valence-electron chi connectivity index (χ0n) is 15.7. The van der Waals surface area contributed by atoms with E-state index in [4.69, 9.17) is 9.57 Å². The van der Waals surface area contributed by atoms with Gasteiger partial charge in [0.1, 0.15) is 5.56 Å². The molecule has 1 aromatic heterocycles. The van der Waals surface area contributed by atoms with Crippen molar-refractivity contribution in [3.8, 4) is 5.69 Å². The van der Waals surface area contributed by atoms with Crippen molar-refractivity contribution in [2.75, 3.05) is 6.61 Å². The molecule has 7 nitrogen and oxygen atoms in total. The predicted octanol–water partition coefficient (Wildman–Crippen LogP) is 3.22. The van der Waals surface area contributed by atoms with E-state index >= 15 is 0 Å². The van der Waals surface area contributed by atoms with E-state index in [1.165, 1.54) is 6.20 Å². The summed E-state index contributed by atoms with van der Waals surface area (Å²) in [5.74, 6) is -0.746. The summed E-state index contributed by atoms with van der Waals surface area (Å²) in [5, 5.41) is 4.24. The highest BCUT2D eigenvalue weighted by Crippen LogP contribution is 2.16. The lowest BCUT2D eigenvalue weighted by Crippen LogP contribution is -2.23. The Morgan fingerprint density at radius 2 is 1.79 bits per heavy atom. The number of hydrogen-bond acceptors (Lipinski definition) is 5. The first-order valence-electron chi connectivity index (χ1n) is 8.88. The number of amides is 1. The van der Waals surface area contributed by atoms with Gasteiger partial charge in [-0.15, -0.1) is 0 Å². The molecule has 0 aliphatic heterocycles. The van der Waals surface area contributed by atoms with Crippen molar-refractivity contribution in [2.45, 2.75) is 20.5 Å². The van der Waals surface area contributed by atoms with Crippen LogP contribution in [0.2, 0.25) is 0 Å².